The van der Waals surface area contributed by atoms with Crippen LogP contribution in [0.5, 0.6) is 0 Å². The maximum Gasteiger partial charge on any atom is 0.282 e. The van der Waals surface area contributed by atoms with Crippen LogP contribution < -0.4 is 5.32 Å². The van der Waals surface area contributed by atoms with Crippen molar-refractivity contribution >= 4 is 40.0 Å². The first kappa shape index (κ1) is 19.6. The zero-order chi connectivity index (χ0) is 21.3. The highest BCUT2D eigenvalue weighted by Crippen LogP contribution is 2.33. The maximum absolute atomic E-state index is 12.6. The third kappa shape index (κ3) is 3.75. The lowest BCUT2D eigenvalue weighted by molar-refractivity contribution is -0.385. The summed E-state index contributed by atoms with van der Waals surface area (Å²) in [6, 6.07) is 16.4. The standard InChI is InChI=1S/C22H16ClN3O4/c1-2-13-7-10-20-18(11-13)25-22(30-20)16-12-14(8-9-17(16)23)24-21(27)15-5-3-4-6-19(15)26(28)29/h3-12H,2H2,1H3,(H,24,27). The number of fused-ring (bicyclic) bond motifs is 1. The van der Waals surface area contributed by atoms with E-state index in [0.717, 1.165) is 17.5 Å². The second-order valence-corrected chi connectivity index (χ2v) is 7.00. The number of hydrogen-bond acceptors (Lipinski definition) is 5. The highest BCUT2D eigenvalue weighted by Gasteiger charge is 2.20. The number of para-hydroxylation sites is 1. The van der Waals surface area contributed by atoms with Crippen LogP contribution in [0.1, 0.15) is 22.8 Å². The number of anilines is 1. The van der Waals surface area contributed by atoms with E-state index in [1.807, 2.05) is 18.2 Å². The number of benzene rings is 3. The maximum atomic E-state index is 12.6. The number of aromatic nitrogens is 1. The van der Waals surface area contributed by atoms with Gasteiger partial charge in [-0.05, 0) is 48.4 Å². The fourth-order valence-electron chi connectivity index (χ4n) is 3.10. The van der Waals surface area contributed by atoms with E-state index in [1.165, 1.54) is 18.2 Å². The van der Waals surface area contributed by atoms with E-state index in [2.05, 4.69) is 17.2 Å². The Labute approximate surface area is 176 Å². The molecule has 1 aromatic heterocycles. The lowest BCUT2D eigenvalue weighted by atomic mass is 10.1. The largest absolute Gasteiger partial charge is 0.436 e. The molecule has 0 unspecified atom stereocenters. The van der Waals surface area contributed by atoms with Crippen LogP contribution in [0.15, 0.2) is 65.1 Å². The van der Waals surface area contributed by atoms with Gasteiger partial charge in [0.25, 0.3) is 11.6 Å². The van der Waals surface area contributed by atoms with Crippen molar-refractivity contribution in [1.29, 1.82) is 0 Å². The van der Waals surface area contributed by atoms with Crippen molar-refractivity contribution in [2.24, 2.45) is 0 Å². The molecular formula is C22H16ClN3O4. The Morgan fingerprint density at radius 2 is 1.97 bits per heavy atom. The minimum atomic E-state index is -0.597. The Balaban J connectivity index is 1.67. The minimum absolute atomic E-state index is 0.0343. The number of carbonyl (C=O) groups is 1. The lowest BCUT2D eigenvalue weighted by Crippen LogP contribution is -2.13. The molecule has 0 atom stereocenters. The van der Waals surface area contributed by atoms with Gasteiger partial charge in [-0.3, -0.25) is 14.9 Å². The van der Waals surface area contributed by atoms with E-state index >= 15 is 0 Å². The second kappa shape index (κ2) is 7.96. The molecule has 150 valence electrons. The molecule has 0 fully saturated rings. The van der Waals surface area contributed by atoms with Gasteiger partial charge in [-0.1, -0.05) is 36.7 Å². The van der Waals surface area contributed by atoms with Crippen molar-refractivity contribution in [3.8, 4) is 11.5 Å². The third-order valence-electron chi connectivity index (χ3n) is 4.66. The molecule has 1 amide bonds. The molecule has 0 aliphatic carbocycles. The predicted octanol–water partition coefficient (Wildman–Crippen LogP) is 5.87. The summed E-state index contributed by atoms with van der Waals surface area (Å²) in [7, 11) is 0. The summed E-state index contributed by atoms with van der Waals surface area (Å²) >= 11 is 6.34. The smallest absolute Gasteiger partial charge is 0.282 e. The number of rotatable bonds is 5. The van der Waals surface area contributed by atoms with Gasteiger partial charge in [0.2, 0.25) is 5.89 Å². The highest BCUT2D eigenvalue weighted by molar-refractivity contribution is 6.33. The van der Waals surface area contributed by atoms with Crippen LogP contribution in [0.25, 0.3) is 22.6 Å². The number of nitro groups is 1. The van der Waals surface area contributed by atoms with Crippen LogP contribution in [0, 0.1) is 10.1 Å². The number of hydrogen-bond donors (Lipinski definition) is 1. The Hall–Kier alpha value is -3.71. The summed E-state index contributed by atoms with van der Waals surface area (Å²) in [6.07, 6.45) is 0.881. The molecule has 1 N–H and O–H groups in total. The van der Waals surface area contributed by atoms with Crippen LogP contribution >= 0.6 is 11.6 Å². The molecule has 8 heteroatoms. The highest BCUT2D eigenvalue weighted by atomic mass is 35.5. The van der Waals surface area contributed by atoms with Gasteiger partial charge in [0, 0.05) is 11.8 Å². The van der Waals surface area contributed by atoms with Crippen molar-refractivity contribution in [2.45, 2.75) is 13.3 Å². The number of halogens is 1. The molecule has 0 radical (unpaired) electrons. The summed E-state index contributed by atoms with van der Waals surface area (Å²) in [5, 5.41) is 14.3. The fourth-order valence-corrected chi connectivity index (χ4v) is 3.30. The molecule has 1 heterocycles. The molecule has 4 aromatic rings. The zero-order valence-electron chi connectivity index (χ0n) is 15.9. The van der Waals surface area contributed by atoms with Crippen molar-refractivity contribution in [1.82, 2.24) is 4.98 Å². The van der Waals surface area contributed by atoms with E-state index < -0.39 is 10.8 Å². The molecule has 0 aliphatic rings. The summed E-state index contributed by atoms with van der Waals surface area (Å²) in [5.41, 5.74) is 3.10. The Morgan fingerprint density at radius 3 is 2.73 bits per heavy atom. The quantitative estimate of drug-likeness (QED) is 0.321. The Kier molecular flexibility index (Phi) is 5.20. The van der Waals surface area contributed by atoms with Gasteiger partial charge in [-0.15, -0.1) is 0 Å². The third-order valence-corrected chi connectivity index (χ3v) is 4.99. The minimum Gasteiger partial charge on any atom is -0.436 e. The van der Waals surface area contributed by atoms with Gasteiger partial charge in [0.15, 0.2) is 5.58 Å². The number of oxazole rings is 1. The van der Waals surface area contributed by atoms with Crippen LogP contribution in [-0.4, -0.2) is 15.8 Å². The summed E-state index contributed by atoms with van der Waals surface area (Å²) in [4.78, 5) is 27.7. The molecule has 0 saturated heterocycles. The van der Waals surface area contributed by atoms with Gasteiger partial charge in [-0.2, -0.15) is 0 Å². The van der Waals surface area contributed by atoms with Crippen LogP contribution in [-0.2, 0) is 6.42 Å². The first-order chi connectivity index (χ1) is 14.5. The predicted molar refractivity (Wildman–Crippen MR) is 115 cm³/mol. The van der Waals surface area contributed by atoms with Gasteiger partial charge in [0.1, 0.15) is 11.1 Å². The Bertz CT molecular complexity index is 1280. The average molecular weight is 422 g/mol. The van der Waals surface area contributed by atoms with E-state index in [4.69, 9.17) is 16.0 Å². The number of nitrogens with one attached hydrogen (secondary N) is 1. The normalized spacial score (nSPS) is 10.9. The topological polar surface area (TPSA) is 98.3 Å². The zero-order valence-corrected chi connectivity index (χ0v) is 16.6. The lowest BCUT2D eigenvalue weighted by Gasteiger charge is -2.08. The molecule has 3 aromatic carbocycles. The van der Waals surface area contributed by atoms with E-state index in [9.17, 15) is 14.9 Å². The number of carbonyl (C=O) groups excluding carboxylic acids is 1. The molecule has 4 rings (SSSR count). The Morgan fingerprint density at radius 1 is 1.17 bits per heavy atom. The number of nitro benzene ring substituents is 1. The van der Waals surface area contributed by atoms with Crippen molar-refractivity contribution in [3.05, 3.63) is 86.9 Å². The average Bonchev–Trinajstić information content (AvgIpc) is 3.18. The SMILES string of the molecule is CCc1ccc2oc(-c3cc(NC(=O)c4ccccc4[N+](=O)[O-])ccc3Cl)nc2c1. The fraction of sp³-hybridized carbons (Fsp3) is 0.0909. The van der Waals surface area contributed by atoms with Crippen LogP contribution in [0.3, 0.4) is 0 Å². The molecule has 30 heavy (non-hydrogen) atoms. The summed E-state index contributed by atoms with van der Waals surface area (Å²) < 4.78 is 5.83. The monoisotopic (exact) mass is 421 g/mol. The van der Waals surface area contributed by atoms with E-state index in [1.54, 1.807) is 24.3 Å². The molecular weight excluding hydrogens is 406 g/mol. The van der Waals surface area contributed by atoms with Gasteiger partial charge < -0.3 is 9.73 Å². The number of nitrogens with zero attached hydrogens (tertiary/aromatic N) is 2. The number of aryl methyl sites for hydroxylation is 1. The van der Waals surface area contributed by atoms with Crippen LogP contribution in [0.2, 0.25) is 5.02 Å². The van der Waals surface area contributed by atoms with Crippen molar-refractivity contribution < 1.29 is 14.1 Å². The van der Waals surface area contributed by atoms with Gasteiger partial charge in [-0.25, -0.2) is 4.98 Å². The van der Waals surface area contributed by atoms with Gasteiger partial charge in [0.05, 0.1) is 15.5 Å². The second-order valence-electron chi connectivity index (χ2n) is 6.60. The van der Waals surface area contributed by atoms with Crippen molar-refractivity contribution in [3.63, 3.8) is 0 Å². The molecule has 0 spiro atoms. The summed E-state index contributed by atoms with van der Waals surface area (Å²) in [5.74, 6) is -0.272. The first-order valence-corrected chi connectivity index (χ1v) is 9.58. The molecule has 0 saturated carbocycles. The van der Waals surface area contributed by atoms with Crippen molar-refractivity contribution in [2.75, 3.05) is 5.32 Å². The first-order valence-electron chi connectivity index (χ1n) is 9.20. The van der Waals surface area contributed by atoms with Crippen LogP contribution in [0.4, 0.5) is 11.4 Å². The van der Waals surface area contributed by atoms with Gasteiger partial charge >= 0.3 is 0 Å². The summed E-state index contributed by atoms with van der Waals surface area (Å²) in [6.45, 7) is 2.06. The molecule has 0 aliphatic heterocycles. The van der Waals surface area contributed by atoms with E-state index in [0.29, 0.717) is 27.7 Å². The van der Waals surface area contributed by atoms with E-state index in [-0.39, 0.29) is 11.3 Å². The molecule has 0 bridgehead atoms. The number of amides is 1. The molecule has 7 nitrogen and oxygen atoms in total.